The van der Waals surface area contributed by atoms with Crippen LogP contribution in [0, 0.1) is 0 Å². The molecule has 0 saturated heterocycles. The number of ketones is 1. The lowest BCUT2D eigenvalue weighted by Crippen LogP contribution is -2.33. The number of benzene rings is 1. The van der Waals surface area contributed by atoms with Gasteiger partial charge in [0, 0.05) is 5.02 Å². The van der Waals surface area contributed by atoms with Crippen LogP contribution in [-0.4, -0.2) is 22.7 Å². The highest BCUT2D eigenvalue weighted by molar-refractivity contribution is 6.36. The van der Waals surface area contributed by atoms with Gasteiger partial charge in [-0.25, -0.2) is 0 Å². The molecule has 0 aliphatic rings. The fraction of sp³-hybridized carbons (Fsp3) is 0.333. The first-order valence-electron chi connectivity index (χ1n) is 5.34. The van der Waals surface area contributed by atoms with Gasteiger partial charge in [0.1, 0.15) is 4.87 Å². The van der Waals surface area contributed by atoms with E-state index in [4.69, 9.17) is 23.2 Å². The Labute approximate surface area is 123 Å². The number of rotatable bonds is 3. The van der Waals surface area contributed by atoms with Gasteiger partial charge >= 0.3 is 6.18 Å². The second-order valence-corrected chi connectivity index (χ2v) is 5.82. The minimum atomic E-state index is -5.07. The summed E-state index contributed by atoms with van der Waals surface area (Å²) in [7, 11) is 0. The number of carbonyl (C=O) groups is 2. The summed E-state index contributed by atoms with van der Waals surface area (Å²) in [6, 6.07) is 3.21. The Bertz CT molecular complexity index is 551. The summed E-state index contributed by atoms with van der Waals surface area (Å²) < 4.78 is 37.5. The molecule has 0 radical (unpaired) electrons. The molecule has 0 fully saturated rings. The quantitative estimate of drug-likeness (QED) is 0.672. The fourth-order valence-corrected chi connectivity index (χ4v) is 1.46. The van der Waals surface area contributed by atoms with Gasteiger partial charge < -0.3 is 5.32 Å². The lowest BCUT2D eigenvalue weighted by molar-refractivity contribution is -0.117. The summed E-state index contributed by atoms with van der Waals surface area (Å²) in [5.41, 5.74) is -1.03. The van der Waals surface area contributed by atoms with E-state index in [0.29, 0.717) is 0 Å². The lowest BCUT2D eigenvalue weighted by atomic mass is 10.1. The molecule has 0 unspecified atom stereocenters. The number of amides is 1. The molecule has 0 spiro atoms. The van der Waals surface area contributed by atoms with Crippen molar-refractivity contribution in [2.45, 2.75) is 24.9 Å². The van der Waals surface area contributed by atoms with E-state index in [0.717, 1.165) is 12.1 Å². The first kappa shape index (κ1) is 16.8. The number of nitrogens with one attached hydrogen (secondary N) is 1. The Hall–Kier alpha value is -1.27. The molecular formula is C12H10Cl2F3NO2. The maximum Gasteiger partial charge on any atom is 0.454 e. The van der Waals surface area contributed by atoms with E-state index >= 15 is 0 Å². The van der Waals surface area contributed by atoms with Crippen LogP contribution in [0.2, 0.25) is 5.02 Å². The zero-order chi connectivity index (χ0) is 15.7. The molecule has 8 heteroatoms. The Kier molecular flexibility index (Phi) is 4.71. The molecular weight excluding hydrogens is 318 g/mol. The number of hydrogen-bond acceptors (Lipinski definition) is 2. The van der Waals surface area contributed by atoms with Crippen molar-refractivity contribution in [3.05, 3.63) is 28.8 Å². The van der Waals surface area contributed by atoms with Crippen LogP contribution in [0.25, 0.3) is 0 Å². The minimum Gasteiger partial charge on any atom is -0.324 e. The van der Waals surface area contributed by atoms with Crippen molar-refractivity contribution in [3.63, 3.8) is 0 Å². The summed E-state index contributed by atoms with van der Waals surface area (Å²) in [4.78, 5) is 21.6. The monoisotopic (exact) mass is 327 g/mol. The highest BCUT2D eigenvalue weighted by Crippen LogP contribution is 2.29. The molecule has 1 aromatic rings. The molecule has 0 heterocycles. The first-order chi connectivity index (χ1) is 8.93. The number of Topliss-reactive ketones (excluding diaryl/α,β-unsaturated/α-hetero) is 1. The topological polar surface area (TPSA) is 46.2 Å². The van der Waals surface area contributed by atoms with Crippen LogP contribution in [0.15, 0.2) is 18.2 Å². The van der Waals surface area contributed by atoms with Crippen LogP contribution >= 0.6 is 23.2 Å². The Morgan fingerprint density at radius 2 is 1.75 bits per heavy atom. The molecule has 0 aliphatic carbocycles. The van der Waals surface area contributed by atoms with Gasteiger partial charge in [-0.2, -0.15) is 13.2 Å². The predicted molar refractivity (Wildman–Crippen MR) is 70.4 cm³/mol. The maximum absolute atomic E-state index is 12.5. The molecule has 1 N–H and O–H groups in total. The summed E-state index contributed by atoms with van der Waals surface area (Å²) in [5, 5.41) is 2.13. The van der Waals surface area contributed by atoms with Crippen molar-refractivity contribution in [1.82, 2.24) is 0 Å². The third-order valence-corrected chi connectivity index (χ3v) is 2.68. The molecule has 0 aromatic heterocycles. The van der Waals surface area contributed by atoms with Crippen LogP contribution in [0.3, 0.4) is 0 Å². The van der Waals surface area contributed by atoms with Crippen LogP contribution in [0.1, 0.15) is 24.2 Å². The van der Waals surface area contributed by atoms with Crippen molar-refractivity contribution in [2.24, 2.45) is 0 Å². The molecule has 1 rings (SSSR count). The van der Waals surface area contributed by atoms with Crippen LogP contribution in [-0.2, 0) is 4.79 Å². The fourth-order valence-electron chi connectivity index (χ4n) is 1.24. The van der Waals surface area contributed by atoms with Crippen molar-refractivity contribution in [1.29, 1.82) is 0 Å². The van der Waals surface area contributed by atoms with Gasteiger partial charge in [-0.3, -0.25) is 9.59 Å². The van der Waals surface area contributed by atoms with E-state index in [9.17, 15) is 22.8 Å². The van der Waals surface area contributed by atoms with Gasteiger partial charge in [0.25, 0.3) is 5.78 Å². The minimum absolute atomic E-state index is 0.0549. The van der Waals surface area contributed by atoms with Gasteiger partial charge in [0.05, 0.1) is 11.3 Å². The molecule has 110 valence electrons. The van der Waals surface area contributed by atoms with Crippen LogP contribution in [0.4, 0.5) is 18.9 Å². The molecule has 1 aromatic carbocycles. The number of anilines is 1. The third-order valence-electron chi connectivity index (χ3n) is 2.27. The highest BCUT2D eigenvalue weighted by atomic mass is 35.5. The normalized spacial score (nSPS) is 12.2. The van der Waals surface area contributed by atoms with Gasteiger partial charge in [-0.05, 0) is 32.0 Å². The number of carbonyl (C=O) groups excluding carboxylic acids is 2. The molecule has 0 bridgehead atoms. The molecule has 1 amide bonds. The summed E-state index contributed by atoms with van der Waals surface area (Å²) >= 11 is 11.3. The van der Waals surface area contributed by atoms with Crippen molar-refractivity contribution < 1.29 is 22.8 Å². The van der Waals surface area contributed by atoms with E-state index in [-0.39, 0.29) is 10.7 Å². The summed E-state index contributed by atoms with van der Waals surface area (Å²) in [5.74, 6) is -2.83. The van der Waals surface area contributed by atoms with Crippen molar-refractivity contribution in [2.75, 3.05) is 5.32 Å². The number of alkyl halides is 4. The Morgan fingerprint density at radius 3 is 2.20 bits per heavy atom. The predicted octanol–water partition coefficient (Wildman–Crippen LogP) is 4.04. The number of halogens is 5. The average Bonchev–Trinajstić information content (AvgIpc) is 2.27. The van der Waals surface area contributed by atoms with E-state index in [1.165, 1.54) is 19.9 Å². The lowest BCUT2D eigenvalue weighted by Gasteiger charge is -2.17. The van der Waals surface area contributed by atoms with E-state index in [1.54, 1.807) is 0 Å². The van der Waals surface area contributed by atoms with Crippen molar-refractivity contribution in [3.8, 4) is 0 Å². The highest BCUT2D eigenvalue weighted by Gasteiger charge is 2.41. The molecule has 3 nitrogen and oxygen atoms in total. The van der Waals surface area contributed by atoms with E-state index in [1.807, 2.05) is 0 Å². The SMILES string of the molecule is CC(C)(Cl)C(=O)Nc1ccc(Cl)cc1C(=O)C(F)(F)F. The zero-order valence-corrected chi connectivity index (χ0v) is 12.0. The van der Waals surface area contributed by atoms with Gasteiger partial charge in [0.2, 0.25) is 5.91 Å². The Morgan fingerprint density at radius 1 is 1.20 bits per heavy atom. The largest absolute Gasteiger partial charge is 0.454 e. The summed E-state index contributed by atoms with van der Waals surface area (Å²) in [6.07, 6.45) is -5.07. The molecule has 20 heavy (non-hydrogen) atoms. The van der Waals surface area contributed by atoms with Gasteiger partial charge in [-0.1, -0.05) is 11.6 Å². The second kappa shape index (κ2) is 5.61. The van der Waals surface area contributed by atoms with Gasteiger partial charge in [-0.15, -0.1) is 11.6 Å². The average molecular weight is 328 g/mol. The van der Waals surface area contributed by atoms with Gasteiger partial charge in [0.15, 0.2) is 0 Å². The van der Waals surface area contributed by atoms with Crippen LogP contribution < -0.4 is 5.32 Å². The summed E-state index contributed by atoms with van der Waals surface area (Å²) in [6.45, 7) is 2.73. The third kappa shape index (κ3) is 4.11. The standard InChI is InChI=1S/C12H10Cl2F3NO2/c1-11(2,14)10(20)18-8-4-3-6(13)5-7(8)9(19)12(15,16)17/h3-5H,1-2H3,(H,18,20). The maximum atomic E-state index is 12.5. The van der Waals surface area contributed by atoms with E-state index < -0.39 is 28.3 Å². The Balaban J connectivity index is 3.22. The van der Waals surface area contributed by atoms with E-state index in [2.05, 4.69) is 5.32 Å². The second-order valence-electron chi connectivity index (χ2n) is 4.44. The molecule has 0 saturated carbocycles. The molecule has 0 atom stereocenters. The van der Waals surface area contributed by atoms with Crippen LogP contribution in [0.5, 0.6) is 0 Å². The smallest absolute Gasteiger partial charge is 0.324 e. The van der Waals surface area contributed by atoms with Crippen molar-refractivity contribution >= 4 is 40.6 Å². The zero-order valence-electron chi connectivity index (χ0n) is 10.4. The number of hydrogen-bond donors (Lipinski definition) is 1. The first-order valence-corrected chi connectivity index (χ1v) is 6.10. The molecule has 0 aliphatic heterocycles.